The predicted octanol–water partition coefficient (Wildman–Crippen LogP) is 7.44. The van der Waals surface area contributed by atoms with E-state index in [9.17, 15) is 25.2 Å². The van der Waals surface area contributed by atoms with Gasteiger partial charge < -0.3 is 4.48 Å². The van der Waals surface area contributed by atoms with Crippen molar-refractivity contribution >= 4 is 25.0 Å². The predicted molar refractivity (Wildman–Crippen MR) is 93.0 cm³/mol. The van der Waals surface area contributed by atoms with E-state index in [0.717, 1.165) is 27.2 Å². The first-order valence-electron chi connectivity index (χ1n) is 7.26. The number of hydrogen-bond acceptors (Lipinski definition) is 0. The summed E-state index contributed by atoms with van der Waals surface area (Å²) in [7, 11) is -6.25. The van der Waals surface area contributed by atoms with Gasteiger partial charge in [0, 0.05) is 11.1 Å². The molecule has 1 heterocycles. The van der Waals surface area contributed by atoms with Gasteiger partial charge in [0.2, 0.25) is 0 Å². The zero-order valence-electron chi connectivity index (χ0n) is 14.3. The fourth-order valence-electron chi connectivity index (χ4n) is 2.39. The molecule has 0 amide bonds. The minimum atomic E-state index is -10.7. The van der Waals surface area contributed by atoms with Gasteiger partial charge in [0.05, 0.1) is 19.1 Å². The quantitative estimate of drug-likeness (QED) is 0.258. The third-order valence-electron chi connectivity index (χ3n) is 4.42. The molecule has 0 N–H and O–H groups in total. The molecular weight excluding hydrogens is 387 g/mol. The number of quaternary nitrogens is 1. The van der Waals surface area contributed by atoms with Crippen molar-refractivity contribution in [3.8, 4) is 0 Å². The monoisotopic (exact) mass is 407 g/mol. The Kier molecular flexibility index (Phi) is 5.04. The average Bonchev–Trinajstić information content (AvgIpc) is 2.34. The van der Waals surface area contributed by atoms with Gasteiger partial charge in [-0.1, -0.05) is 48.5 Å². The summed E-state index contributed by atoms with van der Waals surface area (Å²) in [5.74, 6) is 0. The first-order valence-corrected chi connectivity index (χ1v) is 9.66. The van der Waals surface area contributed by atoms with Gasteiger partial charge >= 0.3 is 33.0 Å². The van der Waals surface area contributed by atoms with Crippen LogP contribution in [0.1, 0.15) is 19.4 Å². The zero-order valence-corrected chi connectivity index (χ0v) is 16.0. The molecule has 0 bridgehead atoms. The molecule has 1 aromatic carbocycles. The molecule has 1 nitrogen and oxygen atoms in total. The van der Waals surface area contributed by atoms with Crippen LogP contribution in [0, 0.1) is 0 Å². The Morgan fingerprint density at radius 3 is 1.80 bits per heavy atom. The third-order valence-corrected chi connectivity index (χ3v) is 4.73. The van der Waals surface area contributed by atoms with Crippen LogP contribution in [-0.2, 0) is 0 Å². The summed E-state index contributed by atoms with van der Waals surface area (Å²) in [4.78, 5) is 0. The van der Waals surface area contributed by atoms with Crippen LogP contribution >= 0.6 is 19.4 Å². The second kappa shape index (κ2) is 5.73. The Bertz CT molecular complexity index is 694. The molecule has 1 aliphatic rings. The molecule has 144 valence electrons. The standard InChI is InChI=1S/C16H21ClN.F6P/c1-12-15(13-9-7-6-8-10-13)14(17)11-18(4,5)16(12,2)3;1-7(2,3,4,5)6/h6-10H,1,11H2,2-5H3;/q+1;-1. The summed E-state index contributed by atoms with van der Waals surface area (Å²) in [5, 5.41) is 0.913. The Balaban J connectivity index is 0.000000381. The molecular formula is C16H21ClF6NP. The van der Waals surface area contributed by atoms with E-state index in [4.69, 9.17) is 11.6 Å². The van der Waals surface area contributed by atoms with Crippen LogP contribution in [0.2, 0.25) is 0 Å². The van der Waals surface area contributed by atoms with Crippen molar-refractivity contribution < 1.29 is 29.7 Å². The zero-order chi connectivity index (χ0) is 20.0. The third kappa shape index (κ3) is 6.65. The molecule has 1 aromatic rings. The van der Waals surface area contributed by atoms with Crippen LogP contribution in [0.5, 0.6) is 0 Å². The second-order valence-electron chi connectivity index (χ2n) is 6.98. The van der Waals surface area contributed by atoms with Gasteiger partial charge in [0.1, 0.15) is 12.1 Å². The number of rotatable bonds is 1. The molecule has 25 heavy (non-hydrogen) atoms. The summed E-state index contributed by atoms with van der Waals surface area (Å²) in [6.07, 6.45) is 0. The van der Waals surface area contributed by atoms with Crippen molar-refractivity contribution in [3.05, 3.63) is 53.1 Å². The van der Waals surface area contributed by atoms with Gasteiger partial charge in [-0.15, -0.1) is 0 Å². The molecule has 0 aromatic heterocycles. The van der Waals surface area contributed by atoms with Crippen LogP contribution in [0.3, 0.4) is 0 Å². The molecule has 0 saturated carbocycles. The van der Waals surface area contributed by atoms with Gasteiger partial charge in [0.25, 0.3) is 0 Å². The summed E-state index contributed by atoms with van der Waals surface area (Å²) in [5.41, 5.74) is 3.40. The Hall–Kier alpha value is -1.04. The molecule has 0 radical (unpaired) electrons. The van der Waals surface area contributed by atoms with Crippen molar-refractivity contribution in [1.82, 2.24) is 0 Å². The Morgan fingerprint density at radius 1 is 1.00 bits per heavy atom. The summed E-state index contributed by atoms with van der Waals surface area (Å²) < 4.78 is 60.0. The second-order valence-corrected chi connectivity index (χ2v) is 9.36. The van der Waals surface area contributed by atoms with E-state index in [-0.39, 0.29) is 5.54 Å². The molecule has 0 spiro atoms. The fourth-order valence-corrected chi connectivity index (χ4v) is 2.92. The van der Waals surface area contributed by atoms with E-state index in [0.29, 0.717) is 0 Å². The maximum atomic E-state index is 9.87. The summed E-state index contributed by atoms with van der Waals surface area (Å²) in [6.45, 7) is 9.63. The van der Waals surface area contributed by atoms with E-state index < -0.39 is 7.81 Å². The van der Waals surface area contributed by atoms with Crippen molar-refractivity contribution in [3.63, 3.8) is 0 Å². The number of benzene rings is 1. The maximum absolute atomic E-state index is 10.7. The van der Waals surface area contributed by atoms with E-state index in [1.807, 2.05) is 18.2 Å². The summed E-state index contributed by atoms with van der Waals surface area (Å²) in [6, 6.07) is 10.3. The van der Waals surface area contributed by atoms with Crippen LogP contribution in [0.4, 0.5) is 25.2 Å². The number of halogens is 7. The molecule has 2 rings (SSSR count). The minimum absolute atomic E-state index is 0.0104. The van der Waals surface area contributed by atoms with Gasteiger partial charge in [-0.2, -0.15) is 0 Å². The van der Waals surface area contributed by atoms with E-state index in [2.05, 4.69) is 46.7 Å². The molecule has 9 heteroatoms. The van der Waals surface area contributed by atoms with Gasteiger partial charge in [0.15, 0.2) is 0 Å². The Morgan fingerprint density at radius 2 is 1.40 bits per heavy atom. The molecule has 0 aliphatic carbocycles. The topological polar surface area (TPSA) is 0 Å². The summed E-state index contributed by atoms with van der Waals surface area (Å²) >= 11 is 6.53. The molecule has 0 fully saturated rings. The molecule has 0 atom stereocenters. The SMILES string of the molecule is C=C1C(c2ccccc2)=C(Cl)C[N+](C)(C)C1(C)C.F[P-](F)(F)(F)(F)F. The number of nitrogens with zero attached hydrogens (tertiary/aromatic N) is 1. The number of likely N-dealkylation sites (N-methyl/N-ethyl adjacent to an activating group) is 1. The van der Waals surface area contributed by atoms with Gasteiger partial charge in [-0.3, -0.25) is 0 Å². The van der Waals surface area contributed by atoms with Gasteiger partial charge in [-0.05, 0) is 19.4 Å². The van der Waals surface area contributed by atoms with E-state index in [1.54, 1.807) is 0 Å². The fraction of sp³-hybridized carbons (Fsp3) is 0.375. The van der Waals surface area contributed by atoms with Crippen LogP contribution < -0.4 is 0 Å². The Labute approximate surface area is 148 Å². The first kappa shape index (κ1) is 22.0. The number of hydrogen-bond donors (Lipinski definition) is 0. The van der Waals surface area contributed by atoms with E-state index in [1.165, 1.54) is 5.56 Å². The van der Waals surface area contributed by atoms with Crippen LogP contribution in [-0.4, -0.2) is 30.7 Å². The molecule has 0 unspecified atom stereocenters. The molecule has 1 aliphatic heterocycles. The van der Waals surface area contributed by atoms with Crippen LogP contribution in [0.25, 0.3) is 5.57 Å². The normalized spacial score (nSPS) is 22.4. The van der Waals surface area contributed by atoms with Crippen molar-refractivity contribution in [2.24, 2.45) is 0 Å². The van der Waals surface area contributed by atoms with E-state index >= 15 is 0 Å². The van der Waals surface area contributed by atoms with Crippen molar-refractivity contribution in [2.75, 3.05) is 20.6 Å². The van der Waals surface area contributed by atoms with Crippen molar-refractivity contribution in [2.45, 2.75) is 19.4 Å². The van der Waals surface area contributed by atoms with Gasteiger partial charge in [-0.25, -0.2) is 0 Å². The van der Waals surface area contributed by atoms with Crippen LogP contribution in [0.15, 0.2) is 47.5 Å². The van der Waals surface area contributed by atoms with Crippen molar-refractivity contribution in [1.29, 1.82) is 0 Å². The molecule has 0 saturated heterocycles. The first-order chi connectivity index (χ1) is 10.7. The average molecular weight is 408 g/mol.